The summed E-state index contributed by atoms with van der Waals surface area (Å²) in [4.78, 5) is 14.9. The predicted molar refractivity (Wildman–Crippen MR) is 87.0 cm³/mol. The Balaban J connectivity index is 1.55. The Morgan fingerprint density at radius 1 is 1.25 bits per heavy atom. The molecule has 0 saturated carbocycles. The van der Waals surface area contributed by atoms with Crippen LogP contribution >= 0.6 is 0 Å². The van der Waals surface area contributed by atoms with Gasteiger partial charge in [-0.15, -0.1) is 0 Å². The van der Waals surface area contributed by atoms with Crippen LogP contribution in [-0.2, 0) is 4.74 Å². The third-order valence-electron chi connectivity index (χ3n) is 5.21. The number of rotatable bonds is 3. The number of hydrogen-bond donors (Lipinski definition) is 1. The van der Waals surface area contributed by atoms with Crippen LogP contribution in [0.15, 0.2) is 30.3 Å². The summed E-state index contributed by atoms with van der Waals surface area (Å²) in [7, 11) is 1.74. The summed E-state index contributed by atoms with van der Waals surface area (Å²) in [6, 6.07) is 8.35. The van der Waals surface area contributed by atoms with Gasteiger partial charge in [0.15, 0.2) is 0 Å². The van der Waals surface area contributed by atoms with Gasteiger partial charge in [-0.25, -0.2) is 4.39 Å². The first kappa shape index (κ1) is 15.3. The standard InChI is InChI=1S/C18H20FN3O2/c1-24-15-8-13-6-7-14(9-15)22(13)18(23)17-10-16(20-21-17)11-2-4-12(19)5-3-11/h2-5,10,13-15H,6-9H2,1H3,(H,20,21). The van der Waals surface area contributed by atoms with E-state index < -0.39 is 0 Å². The lowest BCUT2D eigenvalue weighted by Gasteiger charge is -2.38. The normalized spacial score (nSPS) is 25.9. The molecule has 1 aromatic carbocycles. The molecule has 2 aliphatic rings. The van der Waals surface area contributed by atoms with Gasteiger partial charge in [0.1, 0.15) is 11.5 Å². The van der Waals surface area contributed by atoms with Gasteiger partial charge in [-0.3, -0.25) is 9.89 Å². The van der Waals surface area contributed by atoms with E-state index in [2.05, 4.69) is 10.2 Å². The lowest BCUT2D eigenvalue weighted by molar-refractivity contribution is 0.00794. The largest absolute Gasteiger partial charge is 0.381 e. The lowest BCUT2D eigenvalue weighted by Crippen LogP contribution is -2.48. The number of aromatic nitrogens is 2. The topological polar surface area (TPSA) is 58.2 Å². The molecule has 2 fully saturated rings. The number of halogens is 1. The van der Waals surface area contributed by atoms with E-state index in [-0.39, 0.29) is 29.9 Å². The van der Waals surface area contributed by atoms with Gasteiger partial charge in [0.2, 0.25) is 0 Å². The van der Waals surface area contributed by atoms with Crippen molar-refractivity contribution in [2.24, 2.45) is 0 Å². The zero-order valence-electron chi connectivity index (χ0n) is 13.5. The zero-order chi connectivity index (χ0) is 16.7. The van der Waals surface area contributed by atoms with Crippen LogP contribution < -0.4 is 0 Å². The molecule has 5 nitrogen and oxygen atoms in total. The van der Waals surface area contributed by atoms with Crippen LogP contribution in [0.1, 0.15) is 36.2 Å². The Hall–Kier alpha value is -2.21. The van der Waals surface area contributed by atoms with Gasteiger partial charge in [0.05, 0.1) is 11.8 Å². The predicted octanol–water partition coefficient (Wildman–Crippen LogP) is 3.00. The maximum absolute atomic E-state index is 13.0. The number of ether oxygens (including phenoxy) is 1. The number of aromatic amines is 1. The van der Waals surface area contributed by atoms with E-state index in [1.807, 2.05) is 4.90 Å². The highest BCUT2D eigenvalue weighted by Crippen LogP contribution is 2.37. The molecule has 0 radical (unpaired) electrons. The van der Waals surface area contributed by atoms with E-state index in [1.54, 1.807) is 25.3 Å². The van der Waals surface area contributed by atoms with Crippen molar-refractivity contribution in [2.45, 2.75) is 43.9 Å². The smallest absolute Gasteiger partial charge is 0.272 e. The zero-order valence-corrected chi connectivity index (χ0v) is 13.5. The molecule has 2 aliphatic heterocycles. The first-order valence-corrected chi connectivity index (χ1v) is 8.32. The number of benzene rings is 1. The minimum atomic E-state index is -0.289. The van der Waals surface area contributed by atoms with Crippen molar-refractivity contribution in [2.75, 3.05) is 7.11 Å². The number of hydrogen-bond acceptors (Lipinski definition) is 3. The Bertz CT molecular complexity index is 729. The van der Waals surface area contributed by atoms with E-state index >= 15 is 0 Å². The molecule has 4 rings (SSSR count). The number of nitrogens with zero attached hydrogens (tertiary/aromatic N) is 2. The quantitative estimate of drug-likeness (QED) is 0.942. The third kappa shape index (κ3) is 2.60. The average Bonchev–Trinajstić information content (AvgIpc) is 3.18. The van der Waals surface area contributed by atoms with E-state index in [4.69, 9.17) is 4.74 Å². The van der Waals surface area contributed by atoms with E-state index in [1.165, 1.54) is 12.1 Å². The summed E-state index contributed by atoms with van der Waals surface area (Å²) in [6.07, 6.45) is 4.13. The lowest BCUT2D eigenvalue weighted by atomic mass is 9.99. The van der Waals surface area contributed by atoms with Crippen molar-refractivity contribution in [3.63, 3.8) is 0 Å². The number of piperidine rings is 1. The number of amides is 1. The Kier molecular flexibility index (Phi) is 3.84. The molecule has 2 saturated heterocycles. The molecule has 0 aliphatic carbocycles. The molecule has 1 amide bonds. The Labute approximate surface area is 139 Å². The van der Waals surface area contributed by atoms with E-state index in [9.17, 15) is 9.18 Å². The third-order valence-corrected chi connectivity index (χ3v) is 5.21. The number of carbonyl (C=O) groups excluding carboxylic acids is 1. The maximum Gasteiger partial charge on any atom is 0.272 e. The first-order valence-electron chi connectivity index (χ1n) is 8.32. The molecular formula is C18H20FN3O2. The van der Waals surface area contributed by atoms with Gasteiger partial charge in [0, 0.05) is 24.8 Å². The van der Waals surface area contributed by atoms with Gasteiger partial charge in [0.25, 0.3) is 5.91 Å². The molecule has 3 heterocycles. The Morgan fingerprint density at radius 3 is 2.54 bits per heavy atom. The fraction of sp³-hybridized carbons (Fsp3) is 0.444. The second-order valence-corrected chi connectivity index (χ2v) is 6.60. The first-order chi connectivity index (χ1) is 11.7. The molecule has 2 bridgehead atoms. The minimum absolute atomic E-state index is 0.00193. The van der Waals surface area contributed by atoms with E-state index in [0.717, 1.165) is 31.2 Å². The van der Waals surface area contributed by atoms with Crippen LogP contribution in [0.4, 0.5) is 4.39 Å². The van der Waals surface area contributed by atoms with Crippen LogP contribution in [0.5, 0.6) is 0 Å². The molecular weight excluding hydrogens is 309 g/mol. The van der Waals surface area contributed by atoms with Crippen LogP contribution in [0.2, 0.25) is 0 Å². The minimum Gasteiger partial charge on any atom is -0.381 e. The fourth-order valence-electron chi connectivity index (χ4n) is 3.99. The molecule has 24 heavy (non-hydrogen) atoms. The van der Waals surface area contributed by atoms with Crippen molar-refractivity contribution in [1.82, 2.24) is 15.1 Å². The van der Waals surface area contributed by atoms with Crippen molar-refractivity contribution in [1.29, 1.82) is 0 Å². The van der Waals surface area contributed by atoms with Gasteiger partial charge < -0.3 is 9.64 Å². The van der Waals surface area contributed by atoms with Crippen molar-refractivity contribution < 1.29 is 13.9 Å². The average molecular weight is 329 g/mol. The Morgan fingerprint density at radius 2 is 1.92 bits per heavy atom. The van der Waals surface area contributed by atoms with Crippen LogP contribution in [0.25, 0.3) is 11.3 Å². The summed E-state index contributed by atoms with van der Waals surface area (Å²) in [6.45, 7) is 0. The van der Waals surface area contributed by atoms with Crippen LogP contribution in [-0.4, -0.2) is 46.3 Å². The summed E-state index contributed by atoms with van der Waals surface area (Å²) in [5, 5.41) is 7.06. The molecule has 2 unspecified atom stereocenters. The SMILES string of the molecule is COC1CC2CCC(C1)N2C(=O)c1cc(-c2ccc(F)cc2)n[nH]1. The molecule has 6 heteroatoms. The molecule has 1 N–H and O–H groups in total. The van der Waals surface area contributed by atoms with Crippen molar-refractivity contribution in [3.8, 4) is 11.3 Å². The second-order valence-electron chi connectivity index (χ2n) is 6.60. The highest BCUT2D eigenvalue weighted by molar-refractivity contribution is 5.94. The summed E-state index contributed by atoms with van der Waals surface area (Å²) in [5.41, 5.74) is 1.92. The van der Waals surface area contributed by atoms with Gasteiger partial charge in [-0.1, -0.05) is 0 Å². The molecule has 126 valence electrons. The van der Waals surface area contributed by atoms with Gasteiger partial charge in [-0.05, 0) is 56.0 Å². The number of H-pyrrole nitrogens is 1. The highest BCUT2D eigenvalue weighted by atomic mass is 19.1. The number of methoxy groups -OCH3 is 1. The molecule has 2 atom stereocenters. The molecule has 2 aromatic rings. The van der Waals surface area contributed by atoms with Crippen LogP contribution in [0, 0.1) is 5.82 Å². The van der Waals surface area contributed by atoms with Crippen molar-refractivity contribution >= 4 is 5.91 Å². The van der Waals surface area contributed by atoms with Crippen molar-refractivity contribution in [3.05, 3.63) is 41.8 Å². The number of carbonyl (C=O) groups is 1. The van der Waals surface area contributed by atoms with E-state index in [0.29, 0.717) is 11.4 Å². The second kappa shape index (κ2) is 6.02. The molecule has 1 aromatic heterocycles. The van der Waals surface area contributed by atoms with Gasteiger partial charge >= 0.3 is 0 Å². The molecule has 0 spiro atoms. The number of nitrogens with one attached hydrogen (secondary N) is 1. The fourth-order valence-corrected chi connectivity index (χ4v) is 3.99. The summed E-state index contributed by atoms with van der Waals surface area (Å²) in [5.74, 6) is -0.291. The van der Waals surface area contributed by atoms with Crippen LogP contribution in [0.3, 0.4) is 0 Å². The highest BCUT2D eigenvalue weighted by Gasteiger charge is 2.43. The summed E-state index contributed by atoms with van der Waals surface area (Å²) >= 11 is 0. The maximum atomic E-state index is 13.0. The van der Waals surface area contributed by atoms with Gasteiger partial charge in [-0.2, -0.15) is 5.10 Å². The number of fused-ring (bicyclic) bond motifs is 2. The summed E-state index contributed by atoms with van der Waals surface area (Å²) < 4.78 is 18.5. The monoisotopic (exact) mass is 329 g/mol.